The van der Waals surface area contributed by atoms with Gasteiger partial charge in [-0.15, -0.1) is 11.3 Å². The van der Waals surface area contributed by atoms with Crippen molar-refractivity contribution in [2.24, 2.45) is 0 Å². The molecule has 0 bridgehead atoms. The van der Waals surface area contributed by atoms with E-state index in [1.165, 1.54) is 30.6 Å². The van der Waals surface area contributed by atoms with E-state index in [0.717, 1.165) is 44.8 Å². The van der Waals surface area contributed by atoms with Gasteiger partial charge in [-0.1, -0.05) is 12.8 Å². The molecule has 1 aliphatic heterocycles. The van der Waals surface area contributed by atoms with E-state index in [1.807, 2.05) is 11.3 Å². The third kappa shape index (κ3) is 3.59. The summed E-state index contributed by atoms with van der Waals surface area (Å²) in [5.74, 6) is 0.852. The number of aliphatic hydroxyl groups is 1. The molecule has 106 valence electrons. The highest BCUT2D eigenvalue weighted by molar-refractivity contribution is 7.12. The molecule has 2 aliphatic rings. The maximum Gasteiger partial charge on any atom is 0.0553 e. The summed E-state index contributed by atoms with van der Waals surface area (Å²) in [4.78, 5) is 5.64. The van der Waals surface area contributed by atoms with Gasteiger partial charge in [0, 0.05) is 22.8 Å². The van der Waals surface area contributed by atoms with E-state index in [4.69, 9.17) is 0 Å². The highest BCUT2D eigenvalue weighted by Gasteiger charge is 2.20. The van der Waals surface area contributed by atoms with Crippen molar-refractivity contribution in [3.8, 4) is 0 Å². The zero-order chi connectivity index (χ0) is 13.1. The molecule has 0 amide bonds. The number of nitrogens with zero attached hydrogens (tertiary/aromatic N) is 1. The fraction of sp³-hybridized carbons (Fsp3) is 0.750. The van der Waals surface area contributed by atoms with Crippen LogP contribution in [0.5, 0.6) is 0 Å². The minimum Gasteiger partial charge on any atom is -0.393 e. The topological polar surface area (TPSA) is 23.5 Å². The summed E-state index contributed by atoms with van der Waals surface area (Å²) < 4.78 is 0. The number of thiophene rings is 1. The number of likely N-dealkylation sites (tertiary alicyclic amines) is 1. The van der Waals surface area contributed by atoms with Gasteiger partial charge in [-0.25, -0.2) is 0 Å². The Kier molecular flexibility index (Phi) is 4.57. The second kappa shape index (κ2) is 6.38. The molecule has 2 heterocycles. The van der Waals surface area contributed by atoms with Crippen molar-refractivity contribution in [3.63, 3.8) is 0 Å². The number of rotatable bonds is 3. The van der Waals surface area contributed by atoms with Gasteiger partial charge in [0.1, 0.15) is 0 Å². The van der Waals surface area contributed by atoms with Gasteiger partial charge in [0.2, 0.25) is 0 Å². The van der Waals surface area contributed by atoms with Crippen LogP contribution in [0.3, 0.4) is 0 Å². The van der Waals surface area contributed by atoms with Crippen LogP contribution in [0.25, 0.3) is 0 Å². The fourth-order valence-electron chi connectivity index (χ4n) is 3.43. The Hall–Kier alpha value is -0.380. The molecule has 1 saturated heterocycles. The van der Waals surface area contributed by atoms with Gasteiger partial charge in [0.25, 0.3) is 0 Å². The summed E-state index contributed by atoms with van der Waals surface area (Å²) in [5, 5.41) is 9.70. The molecule has 1 atom stereocenters. The van der Waals surface area contributed by atoms with Crippen molar-refractivity contribution >= 4 is 11.3 Å². The summed E-state index contributed by atoms with van der Waals surface area (Å²) >= 11 is 2.03. The van der Waals surface area contributed by atoms with Gasteiger partial charge in [-0.3, -0.25) is 4.90 Å². The smallest absolute Gasteiger partial charge is 0.0553 e. The zero-order valence-electron chi connectivity index (χ0n) is 11.7. The van der Waals surface area contributed by atoms with Gasteiger partial charge in [-0.05, 0) is 56.7 Å². The summed E-state index contributed by atoms with van der Waals surface area (Å²) in [7, 11) is 0. The molecule has 0 aromatic carbocycles. The summed E-state index contributed by atoms with van der Waals surface area (Å²) in [6.45, 7) is 3.29. The predicted molar refractivity (Wildman–Crippen MR) is 80.7 cm³/mol. The van der Waals surface area contributed by atoms with E-state index >= 15 is 0 Å². The van der Waals surface area contributed by atoms with Crippen LogP contribution in [0.15, 0.2) is 12.1 Å². The van der Waals surface area contributed by atoms with Crippen molar-refractivity contribution in [1.82, 2.24) is 4.90 Å². The monoisotopic (exact) mass is 279 g/mol. The van der Waals surface area contributed by atoms with E-state index in [-0.39, 0.29) is 6.10 Å². The molecule has 0 spiro atoms. The summed E-state index contributed by atoms with van der Waals surface area (Å²) in [6.07, 6.45) is 8.63. The normalized spacial score (nSPS) is 26.7. The lowest BCUT2D eigenvalue weighted by Crippen LogP contribution is -2.24. The molecule has 0 radical (unpaired) electrons. The van der Waals surface area contributed by atoms with Crippen LogP contribution < -0.4 is 0 Å². The van der Waals surface area contributed by atoms with E-state index in [9.17, 15) is 5.11 Å². The Bertz CT molecular complexity index is 397. The molecule has 3 heteroatoms. The maximum atomic E-state index is 9.70. The molecule has 3 rings (SSSR count). The molecule has 2 nitrogen and oxygen atoms in total. The third-order valence-corrected chi connectivity index (χ3v) is 5.84. The van der Waals surface area contributed by atoms with Crippen LogP contribution in [0.4, 0.5) is 0 Å². The molecule has 1 aromatic heterocycles. The minimum absolute atomic E-state index is 0.0672. The average molecular weight is 279 g/mol. The molecular formula is C16H25NOS. The summed E-state index contributed by atoms with van der Waals surface area (Å²) in [6, 6.07) is 4.70. The molecular weight excluding hydrogens is 254 g/mol. The standard InChI is InChI=1S/C16H25NOS/c18-14-6-3-10-17(11-9-14)12-15-7-8-16(19-15)13-4-1-2-5-13/h7-8,13-14,18H,1-6,9-12H2/t14-/m1/s1. The third-order valence-electron chi connectivity index (χ3n) is 4.61. The van der Waals surface area contributed by atoms with E-state index < -0.39 is 0 Å². The quantitative estimate of drug-likeness (QED) is 0.911. The van der Waals surface area contributed by atoms with Crippen molar-refractivity contribution in [2.45, 2.75) is 63.5 Å². The lowest BCUT2D eigenvalue weighted by Gasteiger charge is -2.18. The first-order valence-electron chi connectivity index (χ1n) is 7.80. The second-order valence-corrected chi connectivity index (χ2v) is 7.35. The number of hydrogen-bond acceptors (Lipinski definition) is 3. The highest BCUT2D eigenvalue weighted by atomic mass is 32.1. The van der Waals surface area contributed by atoms with Crippen molar-refractivity contribution in [2.75, 3.05) is 13.1 Å². The zero-order valence-corrected chi connectivity index (χ0v) is 12.5. The first-order valence-corrected chi connectivity index (χ1v) is 8.62. The van der Waals surface area contributed by atoms with Crippen molar-refractivity contribution in [1.29, 1.82) is 0 Å². The Labute approximate surface area is 120 Å². The number of aliphatic hydroxyl groups excluding tert-OH is 1. The first-order chi connectivity index (χ1) is 9.31. The van der Waals surface area contributed by atoms with Gasteiger partial charge < -0.3 is 5.11 Å². The van der Waals surface area contributed by atoms with Crippen LogP contribution in [0.1, 0.15) is 60.6 Å². The molecule has 1 aliphatic carbocycles. The van der Waals surface area contributed by atoms with Gasteiger partial charge in [0.15, 0.2) is 0 Å². The largest absolute Gasteiger partial charge is 0.393 e. The maximum absolute atomic E-state index is 9.70. The molecule has 0 unspecified atom stereocenters. The predicted octanol–water partition coefficient (Wildman–Crippen LogP) is 3.75. The van der Waals surface area contributed by atoms with Crippen molar-refractivity contribution in [3.05, 3.63) is 21.9 Å². The van der Waals surface area contributed by atoms with Gasteiger partial charge in [0.05, 0.1) is 6.10 Å². The van der Waals surface area contributed by atoms with Crippen LogP contribution in [-0.4, -0.2) is 29.2 Å². The van der Waals surface area contributed by atoms with Crippen LogP contribution in [0, 0.1) is 0 Å². The first kappa shape index (κ1) is 13.6. The molecule has 1 saturated carbocycles. The Morgan fingerprint density at radius 2 is 1.89 bits per heavy atom. The van der Waals surface area contributed by atoms with E-state index in [0.29, 0.717) is 0 Å². The Morgan fingerprint density at radius 1 is 1.05 bits per heavy atom. The van der Waals surface area contributed by atoms with Gasteiger partial charge >= 0.3 is 0 Å². The van der Waals surface area contributed by atoms with E-state index in [1.54, 1.807) is 4.88 Å². The highest BCUT2D eigenvalue weighted by Crippen LogP contribution is 2.37. The minimum atomic E-state index is -0.0672. The second-order valence-electron chi connectivity index (χ2n) is 6.15. The Morgan fingerprint density at radius 3 is 2.74 bits per heavy atom. The Balaban J connectivity index is 1.57. The lowest BCUT2D eigenvalue weighted by atomic mass is 10.1. The molecule has 19 heavy (non-hydrogen) atoms. The average Bonchev–Trinajstić information content (AvgIpc) is 3.02. The van der Waals surface area contributed by atoms with E-state index in [2.05, 4.69) is 17.0 Å². The molecule has 2 fully saturated rings. The molecule has 1 aromatic rings. The van der Waals surface area contributed by atoms with Gasteiger partial charge in [-0.2, -0.15) is 0 Å². The van der Waals surface area contributed by atoms with Crippen LogP contribution >= 0.6 is 11.3 Å². The number of hydrogen-bond donors (Lipinski definition) is 1. The summed E-state index contributed by atoms with van der Waals surface area (Å²) in [5.41, 5.74) is 0. The lowest BCUT2D eigenvalue weighted by molar-refractivity contribution is 0.155. The van der Waals surface area contributed by atoms with Crippen molar-refractivity contribution < 1.29 is 5.11 Å². The van der Waals surface area contributed by atoms with Crippen LogP contribution in [-0.2, 0) is 6.54 Å². The fourth-order valence-corrected chi connectivity index (χ4v) is 4.65. The molecule has 1 N–H and O–H groups in total. The van der Waals surface area contributed by atoms with Crippen LogP contribution in [0.2, 0.25) is 0 Å². The SMILES string of the molecule is O[C@@H]1CCCN(Cc2ccc(C3CCCC3)s2)CC1.